The molecule has 1 amide bonds. The molecule has 0 aliphatic carbocycles. The van der Waals surface area contributed by atoms with Gasteiger partial charge in [-0.1, -0.05) is 6.07 Å². The summed E-state index contributed by atoms with van der Waals surface area (Å²) >= 11 is 5.77. The molecule has 3 heterocycles. The Morgan fingerprint density at radius 2 is 1.90 bits per heavy atom. The first-order valence-electron chi connectivity index (χ1n) is 9.88. The summed E-state index contributed by atoms with van der Waals surface area (Å²) in [5.41, 5.74) is 6.28. The molecule has 0 spiro atoms. The topological polar surface area (TPSA) is 62.2 Å². The van der Waals surface area contributed by atoms with Gasteiger partial charge in [0.15, 0.2) is 5.11 Å². The van der Waals surface area contributed by atoms with Crippen LogP contribution in [0.4, 0.5) is 11.4 Å². The van der Waals surface area contributed by atoms with Gasteiger partial charge in [0.05, 0.1) is 17.8 Å². The molecule has 0 bridgehead atoms. The molecule has 0 unspecified atom stereocenters. The van der Waals surface area contributed by atoms with Crippen LogP contribution in [0.3, 0.4) is 0 Å². The molecule has 1 aliphatic heterocycles. The smallest absolute Gasteiger partial charge is 0.221 e. The summed E-state index contributed by atoms with van der Waals surface area (Å²) in [5.74, 6) is -0.0930. The van der Waals surface area contributed by atoms with Gasteiger partial charge >= 0.3 is 0 Å². The Labute approximate surface area is 181 Å². The monoisotopic (exact) mass is 419 g/mol. The van der Waals surface area contributed by atoms with Gasteiger partial charge < -0.3 is 20.1 Å². The lowest BCUT2D eigenvalue weighted by Gasteiger charge is -2.28. The first-order valence-corrected chi connectivity index (χ1v) is 10.3. The van der Waals surface area contributed by atoms with Crippen molar-refractivity contribution in [3.8, 4) is 0 Å². The summed E-state index contributed by atoms with van der Waals surface area (Å²) in [7, 11) is 2.08. The van der Waals surface area contributed by atoms with Crippen LogP contribution in [0.2, 0.25) is 0 Å². The number of hydrogen-bond donors (Lipinski definition) is 2. The maximum absolute atomic E-state index is 11.4. The maximum atomic E-state index is 11.4. The van der Waals surface area contributed by atoms with Crippen LogP contribution in [0.5, 0.6) is 0 Å². The fourth-order valence-corrected chi connectivity index (χ4v) is 4.39. The van der Waals surface area contributed by atoms with Crippen LogP contribution in [-0.4, -0.2) is 20.6 Å². The molecule has 7 heteroatoms. The highest BCUT2D eigenvalue weighted by molar-refractivity contribution is 7.80. The number of thiocarbonyl (C=S) groups is 1. The number of rotatable bonds is 4. The zero-order valence-corrected chi connectivity index (χ0v) is 18.3. The maximum Gasteiger partial charge on any atom is 0.221 e. The molecule has 1 fully saturated rings. The fraction of sp³-hybridized carbons (Fsp3) is 0.261. The van der Waals surface area contributed by atoms with E-state index in [1.165, 1.54) is 23.9 Å². The molecule has 2 N–H and O–H groups in total. The summed E-state index contributed by atoms with van der Waals surface area (Å²) in [4.78, 5) is 18.1. The van der Waals surface area contributed by atoms with Gasteiger partial charge in [0.1, 0.15) is 0 Å². The first kappa shape index (κ1) is 20.1. The molecule has 3 aromatic rings. The molecule has 1 aliphatic rings. The van der Waals surface area contributed by atoms with Gasteiger partial charge in [0.2, 0.25) is 5.91 Å². The van der Waals surface area contributed by atoms with E-state index in [2.05, 4.69) is 52.0 Å². The number of nitrogens with one attached hydrogen (secondary N) is 2. The predicted molar refractivity (Wildman–Crippen MR) is 124 cm³/mol. The van der Waals surface area contributed by atoms with Gasteiger partial charge in [-0.3, -0.25) is 9.78 Å². The van der Waals surface area contributed by atoms with Crippen LogP contribution >= 0.6 is 12.2 Å². The Balaban J connectivity index is 1.80. The lowest BCUT2D eigenvalue weighted by atomic mass is 9.96. The SMILES string of the molecule is CC(=O)Nc1ccc(N2C(=S)N[C@H](c3ccccn3)[C@H]2c2cc(C)n(C)c2C)cc1. The Hall–Kier alpha value is -3.19. The molecular formula is C23H25N5OS. The van der Waals surface area contributed by atoms with E-state index in [4.69, 9.17) is 12.2 Å². The molecule has 2 atom stereocenters. The highest BCUT2D eigenvalue weighted by atomic mass is 32.1. The van der Waals surface area contributed by atoms with Crippen molar-refractivity contribution in [1.29, 1.82) is 0 Å². The average molecular weight is 420 g/mol. The summed E-state index contributed by atoms with van der Waals surface area (Å²) in [6.45, 7) is 5.75. The number of amides is 1. The first-order chi connectivity index (χ1) is 14.4. The normalized spacial score (nSPS) is 18.4. The van der Waals surface area contributed by atoms with Crippen molar-refractivity contribution in [2.75, 3.05) is 10.2 Å². The van der Waals surface area contributed by atoms with E-state index in [0.29, 0.717) is 5.11 Å². The fourth-order valence-electron chi connectivity index (χ4n) is 4.04. The summed E-state index contributed by atoms with van der Waals surface area (Å²) in [6.07, 6.45) is 1.81. The highest BCUT2D eigenvalue weighted by Gasteiger charge is 2.42. The lowest BCUT2D eigenvalue weighted by molar-refractivity contribution is -0.114. The van der Waals surface area contributed by atoms with E-state index < -0.39 is 0 Å². The van der Waals surface area contributed by atoms with Crippen molar-refractivity contribution in [3.63, 3.8) is 0 Å². The zero-order chi connectivity index (χ0) is 21.4. The number of nitrogens with zero attached hydrogens (tertiary/aromatic N) is 3. The van der Waals surface area contributed by atoms with E-state index in [-0.39, 0.29) is 18.0 Å². The molecule has 2 aromatic heterocycles. The van der Waals surface area contributed by atoms with Crippen molar-refractivity contribution in [1.82, 2.24) is 14.9 Å². The molecule has 0 saturated carbocycles. The van der Waals surface area contributed by atoms with Crippen molar-refractivity contribution >= 4 is 34.6 Å². The van der Waals surface area contributed by atoms with Crippen molar-refractivity contribution < 1.29 is 4.79 Å². The third kappa shape index (κ3) is 3.57. The number of anilines is 2. The van der Waals surface area contributed by atoms with E-state index >= 15 is 0 Å². The number of hydrogen-bond acceptors (Lipinski definition) is 3. The van der Waals surface area contributed by atoms with Crippen LogP contribution in [0, 0.1) is 13.8 Å². The molecule has 30 heavy (non-hydrogen) atoms. The van der Waals surface area contributed by atoms with Gasteiger partial charge in [-0.05, 0) is 74.1 Å². The third-order valence-electron chi connectivity index (χ3n) is 5.70. The van der Waals surface area contributed by atoms with Crippen LogP contribution in [0.25, 0.3) is 0 Å². The Kier molecular flexibility index (Phi) is 5.30. The number of pyridine rings is 1. The van der Waals surface area contributed by atoms with Crippen molar-refractivity contribution in [2.45, 2.75) is 32.9 Å². The summed E-state index contributed by atoms with van der Waals surface area (Å²) in [5, 5.41) is 6.95. The Morgan fingerprint density at radius 3 is 2.47 bits per heavy atom. The number of benzene rings is 1. The largest absolute Gasteiger partial charge is 0.352 e. The molecular weight excluding hydrogens is 394 g/mol. The molecule has 1 saturated heterocycles. The molecule has 6 nitrogen and oxygen atoms in total. The minimum absolute atomic E-state index is 0.0427. The van der Waals surface area contributed by atoms with Gasteiger partial charge in [-0.15, -0.1) is 0 Å². The Bertz CT molecular complexity index is 1090. The zero-order valence-electron chi connectivity index (χ0n) is 17.5. The highest BCUT2D eigenvalue weighted by Crippen LogP contribution is 2.43. The lowest BCUT2D eigenvalue weighted by Crippen LogP contribution is -2.29. The van der Waals surface area contributed by atoms with Crippen molar-refractivity contribution in [2.24, 2.45) is 7.05 Å². The second-order valence-corrected chi connectivity index (χ2v) is 8.00. The second-order valence-electron chi connectivity index (χ2n) is 7.61. The summed E-state index contributed by atoms with van der Waals surface area (Å²) < 4.78 is 2.20. The summed E-state index contributed by atoms with van der Waals surface area (Å²) in [6, 6.07) is 15.8. The average Bonchev–Trinajstić information content (AvgIpc) is 3.20. The third-order valence-corrected chi connectivity index (χ3v) is 6.01. The van der Waals surface area contributed by atoms with Gasteiger partial charge in [-0.2, -0.15) is 0 Å². The quantitative estimate of drug-likeness (QED) is 0.622. The minimum Gasteiger partial charge on any atom is -0.352 e. The van der Waals surface area contributed by atoms with Gasteiger partial charge in [0.25, 0.3) is 0 Å². The van der Waals surface area contributed by atoms with Crippen LogP contribution < -0.4 is 15.5 Å². The van der Waals surface area contributed by atoms with E-state index in [0.717, 1.165) is 17.1 Å². The van der Waals surface area contributed by atoms with Gasteiger partial charge in [0, 0.05) is 42.9 Å². The van der Waals surface area contributed by atoms with Gasteiger partial charge in [-0.25, -0.2) is 0 Å². The van der Waals surface area contributed by atoms with Crippen LogP contribution in [0.15, 0.2) is 54.7 Å². The molecule has 154 valence electrons. The molecule has 1 aromatic carbocycles. The van der Waals surface area contributed by atoms with Crippen LogP contribution in [0.1, 0.15) is 41.7 Å². The van der Waals surface area contributed by atoms with E-state index in [1.807, 2.05) is 48.7 Å². The van der Waals surface area contributed by atoms with E-state index in [1.54, 1.807) is 0 Å². The van der Waals surface area contributed by atoms with Crippen LogP contribution in [-0.2, 0) is 11.8 Å². The number of aromatic nitrogens is 2. The molecule has 4 rings (SSSR count). The minimum atomic E-state index is -0.0930. The van der Waals surface area contributed by atoms with Crippen molar-refractivity contribution in [3.05, 3.63) is 77.4 Å². The van der Waals surface area contributed by atoms with E-state index in [9.17, 15) is 4.79 Å². The molecule has 0 radical (unpaired) electrons. The number of carbonyl (C=O) groups is 1. The predicted octanol–water partition coefficient (Wildman–Crippen LogP) is 4.17. The Morgan fingerprint density at radius 1 is 1.17 bits per heavy atom. The number of aryl methyl sites for hydroxylation is 1. The standard InChI is InChI=1S/C23H25N5OS/c1-14-13-19(15(2)27(14)4)22-21(20-7-5-6-12-24-20)26-23(30)28(22)18-10-8-17(9-11-18)25-16(3)29/h5-13,21-22H,1-4H3,(H,25,29)(H,26,30)/t21-,22-/m1/s1. The number of carbonyl (C=O) groups excluding carboxylic acids is 1. The second kappa shape index (κ2) is 7.91.